The van der Waals surface area contributed by atoms with Crippen molar-refractivity contribution < 1.29 is 9.90 Å². The van der Waals surface area contributed by atoms with Gasteiger partial charge in [-0.1, -0.05) is 22.9 Å². The lowest BCUT2D eigenvalue weighted by atomic mass is 10.2. The Morgan fingerprint density at radius 1 is 1.45 bits per heavy atom. The van der Waals surface area contributed by atoms with E-state index in [1.165, 1.54) is 4.68 Å². The number of aliphatic hydroxyl groups excluding tert-OH is 1. The number of rotatable bonds is 3. The zero-order valence-electron chi connectivity index (χ0n) is 12.2. The number of aromatic nitrogens is 3. The summed E-state index contributed by atoms with van der Waals surface area (Å²) in [6.45, 7) is 0. The molecule has 2 aromatic rings. The van der Waals surface area contributed by atoms with E-state index in [0.717, 1.165) is 24.9 Å². The SMILES string of the molecule is CN(C(=O)c1cn(-c2cccc(Cl)c2)nn1)[C@@H]1CCC[C@H]1O. The molecule has 116 valence electrons. The van der Waals surface area contributed by atoms with Gasteiger partial charge in [-0.05, 0) is 37.5 Å². The third kappa shape index (κ3) is 2.84. The third-order valence-electron chi connectivity index (χ3n) is 4.05. The Balaban J connectivity index is 1.80. The van der Waals surface area contributed by atoms with Gasteiger partial charge in [0.05, 0.1) is 24.0 Å². The van der Waals surface area contributed by atoms with Gasteiger partial charge in [0.2, 0.25) is 0 Å². The number of aliphatic hydroxyl groups is 1. The summed E-state index contributed by atoms with van der Waals surface area (Å²) in [4.78, 5) is 14.0. The van der Waals surface area contributed by atoms with Crippen LogP contribution in [0, 0.1) is 0 Å². The lowest BCUT2D eigenvalue weighted by Gasteiger charge is -2.26. The minimum atomic E-state index is -0.461. The Morgan fingerprint density at radius 3 is 2.95 bits per heavy atom. The van der Waals surface area contributed by atoms with Crippen molar-refractivity contribution in [1.82, 2.24) is 19.9 Å². The summed E-state index contributed by atoms with van der Waals surface area (Å²) in [6.07, 6.45) is 3.59. The summed E-state index contributed by atoms with van der Waals surface area (Å²) in [5, 5.41) is 18.4. The van der Waals surface area contributed by atoms with Gasteiger partial charge in [-0.25, -0.2) is 4.68 Å². The second-order valence-corrected chi connectivity index (χ2v) is 5.95. The van der Waals surface area contributed by atoms with Gasteiger partial charge in [-0.3, -0.25) is 4.79 Å². The van der Waals surface area contributed by atoms with Crippen LogP contribution in [0.15, 0.2) is 30.5 Å². The average Bonchev–Trinajstić information content (AvgIpc) is 3.14. The lowest BCUT2D eigenvalue weighted by molar-refractivity contribution is 0.0533. The molecule has 0 aliphatic heterocycles. The second kappa shape index (κ2) is 6.06. The topological polar surface area (TPSA) is 71.2 Å². The molecule has 22 heavy (non-hydrogen) atoms. The van der Waals surface area contributed by atoms with Crippen LogP contribution in [-0.2, 0) is 0 Å². The van der Waals surface area contributed by atoms with Gasteiger partial charge >= 0.3 is 0 Å². The van der Waals surface area contributed by atoms with E-state index in [4.69, 9.17) is 11.6 Å². The minimum absolute atomic E-state index is 0.149. The Bertz CT molecular complexity index is 688. The standard InChI is InChI=1S/C15H17ClN4O2/c1-19(13-6-3-7-14(13)21)15(22)12-9-20(18-17-12)11-5-2-4-10(16)8-11/h2,4-5,8-9,13-14,21H,3,6-7H2,1H3/t13-,14-/m1/s1. The number of hydrogen-bond acceptors (Lipinski definition) is 4. The summed E-state index contributed by atoms with van der Waals surface area (Å²) >= 11 is 5.95. The van der Waals surface area contributed by atoms with Crippen molar-refractivity contribution in [3.05, 3.63) is 41.2 Å². The lowest BCUT2D eigenvalue weighted by Crippen LogP contribution is -2.41. The van der Waals surface area contributed by atoms with E-state index in [0.29, 0.717) is 5.02 Å². The first-order valence-electron chi connectivity index (χ1n) is 7.20. The molecule has 2 atom stereocenters. The van der Waals surface area contributed by atoms with Crippen LogP contribution in [0.4, 0.5) is 0 Å². The van der Waals surface area contributed by atoms with Crippen molar-refractivity contribution >= 4 is 17.5 Å². The zero-order valence-corrected chi connectivity index (χ0v) is 12.9. The first-order chi connectivity index (χ1) is 10.6. The highest BCUT2D eigenvalue weighted by Crippen LogP contribution is 2.24. The van der Waals surface area contributed by atoms with E-state index in [-0.39, 0.29) is 17.6 Å². The average molecular weight is 321 g/mol. The van der Waals surface area contributed by atoms with Crippen LogP contribution in [0.1, 0.15) is 29.8 Å². The van der Waals surface area contributed by atoms with Crippen LogP contribution in [-0.4, -0.2) is 50.1 Å². The summed E-state index contributed by atoms with van der Waals surface area (Å²) in [5.74, 6) is -0.237. The number of halogens is 1. The monoisotopic (exact) mass is 320 g/mol. The molecule has 0 radical (unpaired) electrons. The molecular formula is C15H17ClN4O2. The van der Waals surface area contributed by atoms with Crippen molar-refractivity contribution in [3.8, 4) is 5.69 Å². The summed E-state index contributed by atoms with van der Waals surface area (Å²) in [5.41, 5.74) is 0.990. The summed E-state index contributed by atoms with van der Waals surface area (Å²) in [7, 11) is 1.69. The Kier molecular flexibility index (Phi) is 4.13. The molecule has 1 aromatic heterocycles. The molecular weight excluding hydrogens is 304 g/mol. The fourth-order valence-electron chi connectivity index (χ4n) is 2.81. The first-order valence-corrected chi connectivity index (χ1v) is 7.57. The third-order valence-corrected chi connectivity index (χ3v) is 4.28. The number of carbonyl (C=O) groups excluding carboxylic acids is 1. The molecule has 1 aliphatic rings. The molecule has 1 saturated carbocycles. The molecule has 1 fully saturated rings. The number of carbonyl (C=O) groups is 1. The van der Waals surface area contributed by atoms with E-state index < -0.39 is 6.10 Å². The zero-order chi connectivity index (χ0) is 15.7. The van der Waals surface area contributed by atoms with Crippen LogP contribution >= 0.6 is 11.6 Å². The van der Waals surface area contributed by atoms with Crippen molar-refractivity contribution in [1.29, 1.82) is 0 Å². The molecule has 1 N–H and O–H groups in total. The molecule has 0 unspecified atom stereocenters. The van der Waals surface area contributed by atoms with Crippen molar-refractivity contribution in [2.24, 2.45) is 0 Å². The maximum Gasteiger partial charge on any atom is 0.276 e. The minimum Gasteiger partial charge on any atom is -0.391 e. The fraction of sp³-hybridized carbons (Fsp3) is 0.400. The van der Waals surface area contributed by atoms with Gasteiger partial charge in [-0.2, -0.15) is 0 Å². The van der Waals surface area contributed by atoms with Crippen LogP contribution in [0.25, 0.3) is 5.69 Å². The van der Waals surface area contributed by atoms with Gasteiger partial charge in [0.25, 0.3) is 5.91 Å². The highest BCUT2D eigenvalue weighted by Gasteiger charge is 2.32. The maximum absolute atomic E-state index is 12.5. The molecule has 1 aromatic carbocycles. The molecule has 6 nitrogen and oxygen atoms in total. The Morgan fingerprint density at radius 2 is 2.27 bits per heavy atom. The van der Waals surface area contributed by atoms with Gasteiger partial charge in [0, 0.05) is 12.1 Å². The normalized spacial score (nSPS) is 21.0. The van der Waals surface area contributed by atoms with Gasteiger partial charge < -0.3 is 10.0 Å². The van der Waals surface area contributed by atoms with E-state index in [9.17, 15) is 9.90 Å². The van der Waals surface area contributed by atoms with Crippen molar-refractivity contribution in [2.45, 2.75) is 31.4 Å². The molecule has 0 spiro atoms. The van der Waals surface area contributed by atoms with Crippen LogP contribution in [0.2, 0.25) is 5.02 Å². The van der Waals surface area contributed by atoms with Crippen LogP contribution < -0.4 is 0 Å². The number of amides is 1. The smallest absolute Gasteiger partial charge is 0.276 e. The van der Waals surface area contributed by atoms with E-state index >= 15 is 0 Å². The van der Waals surface area contributed by atoms with Gasteiger partial charge in [0.15, 0.2) is 5.69 Å². The number of nitrogens with zero attached hydrogens (tertiary/aromatic N) is 4. The predicted molar refractivity (Wildman–Crippen MR) is 82.1 cm³/mol. The quantitative estimate of drug-likeness (QED) is 0.937. The number of benzene rings is 1. The van der Waals surface area contributed by atoms with Crippen molar-refractivity contribution in [2.75, 3.05) is 7.05 Å². The second-order valence-electron chi connectivity index (χ2n) is 5.51. The van der Waals surface area contributed by atoms with E-state index in [1.54, 1.807) is 30.3 Å². The van der Waals surface area contributed by atoms with Gasteiger partial charge in [0.1, 0.15) is 0 Å². The molecule has 1 amide bonds. The first kappa shape index (κ1) is 15.0. The molecule has 3 rings (SSSR count). The number of hydrogen-bond donors (Lipinski definition) is 1. The molecule has 0 bridgehead atoms. The summed E-state index contributed by atoms with van der Waals surface area (Å²) in [6, 6.07) is 7.00. The number of likely N-dealkylation sites (N-methyl/N-ethyl adjacent to an activating group) is 1. The van der Waals surface area contributed by atoms with E-state index in [1.807, 2.05) is 12.1 Å². The Hall–Kier alpha value is -1.92. The molecule has 1 heterocycles. The molecule has 7 heteroatoms. The fourth-order valence-corrected chi connectivity index (χ4v) is 3.00. The highest BCUT2D eigenvalue weighted by atomic mass is 35.5. The van der Waals surface area contributed by atoms with E-state index in [2.05, 4.69) is 10.3 Å². The molecule has 1 aliphatic carbocycles. The largest absolute Gasteiger partial charge is 0.391 e. The van der Waals surface area contributed by atoms with Crippen LogP contribution in [0.5, 0.6) is 0 Å². The summed E-state index contributed by atoms with van der Waals surface area (Å²) < 4.78 is 1.51. The molecule has 0 saturated heterocycles. The highest BCUT2D eigenvalue weighted by molar-refractivity contribution is 6.30. The van der Waals surface area contributed by atoms with Gasteiger partial charge in [-0.15, -0.1) is 5.10 Å². The maximum atomic E-state index is 12.5. The van der Waals surface area contributed by atoms with Crippen LogP contribution in [0.3, 0.4) is 0 Å². The van der Waals surface area contributed by atoms with Crippen molar-refractivity contribution in [3.63, 3.8) is 0 Å². The Labute approximate surface area is 133 Å². The predicted octanol–water partition coefficient (Wildman–Crippen LogP) is 1.91.